The van der Waals surface area contributed by atoms with Crippen molar-refractivity contribution in [2.45, 2.75) is 6.04 Å². The summed E-state index contributed by atoms with van der Waals surface area (Å²) in [5.41, 5.74) is 0.0371. The van der Waals surface area contributed by atoms with Crippen LogP contribution < -0.4 is 5.32 Å². The zero-order chi connectivity index (χ0) is 13.3. The van der Waals surface area contributed by atoms with Crippen LogP contribution in [-0.4, -0.2) is 7.05 Å². The van der Waals surface area contributed by atoms with E-state index in [1.54, 1.807) is 7.05 Å². The topological polar surface area (TPSA) is 12.0 Å². The van der Waals surface area contributed by atoms with Gasteiger partial charge in [0.15, 0.2) is 0 Å². The normalized spacial score (nSPS) is 12.7. The van der Waals surface area contributed by atoms with Crippen molar-refractivity contribution in [1.82, 2.24) is 5.32 Å². The molecule has 2 aromatic rings. The molecule has 0 aliphatic rings. The Hall–Kier alpha value is -0.300. The molecule has 0 aliphatic carbocycles. The summed E-state index contributed by atoms with van der Waals surface area (Å²) in [4.78, 5) is 0.851. The van der Waals surface area contributed by atoms with Gasteiger partial charge in [0.2, 0.25) is 0 Å². The van der Waals surface area contributed by atoms with Crippen molar-refractivity contribution in [2.75, 3.05) is 7.05 Å². The molecule has 0 radical (unpaired) electrons. The van der Waals surface area contributed by atoms with E-state index in [-0.39, 0.29) is 5.56 Å². The summed E-state index contributed by atoms with van der Waals surface area (Å²) in [6.07, 6.45) is 0. The standard InChI is InChI=1S/C12H9Br2F2NS/c1-17-12(9-2-3-10(14)18-9)11-7(15)4-6(13)5-8(11)16/h2-5,12,17H,1H3. The fourth-order valence-electron chi connectivity index (χ4n) is 1.74. The third kappa shape index (κ3) is 2.82. The smallest absolute Gasteiger partial charge is 0.132 e. The molecule has 0 fully saturated rings. The molecule has 0 saturated heterocycles. The Morgan fingerprint density at radius 2 is 1.78 bits per heavy atom. The zero-order valence-corrected chi connectivity index (χ0v) is 13.3. The Kier molecular flexibility index (Phi) is 4.53. The van der Waals surface area contributed by atoms with Gasteiger partial charge in [-0.25, -0.2) is 8.78 Å². The molecule has 1 N–H and O–H groups in total. The van der Waals surface area contributed by atoms with Crippen LogP contribution in [0, 0.1) is 11.6 Å². The van der Waals surface area contributed by atoms with Crippen LogP contribution in [0.5, 0.6) is 0 Å². The summed E-state index contributed by atoms with van der Waals surface area (Å²) in [6, 6.07) is 5.75. The van der Waals surface area contributed by atoms with E-state index >= 15 is 0 Å². The first-order valence-corrected chi connectivity index (χ1v) is 7.50. The van der Waals surface area contributed by atoms with Crippen molar-refractivity contribution in [2.24, 2.45) is 0 Å². The fraction of sp³-hybridized carbons (Fsp3) is 0.167. The van der Waals surface area contributed by atoms with Gasteiger partial charge in [0.1, 0.15) is 11.6 Å². The third-order valence-corrected chi connectivity index (χ3v) is 4.65. The molecule has 1 aromatic carbocycles. The highest BCUT2D eigenvalue weighted by molar-refractivity contribution is 9.11. The molecular formula is C12H9Br2F2NS. The summed E-state index contributed by atoms with van der Waals surface area (Å²) in [5, 5.41) is 2.94. The number of halogens is 4. The average molecular weight is 397 g/mol. The fourth-order valence-corrected chi connectivity index (χ4v) is 3.69. The van der Waals surface area contributed by atoms with Gasteiger partial charge in [-0.2, -0.15) is 0 Å². The molecule has 1 atom stereocenters. The van der Waals surface area contributed by atoms with Crippen LogP contribution in [0.1, 0.15) is 16.5 Å². The quantitative estimate of drug-likeness (QED) is 0.781. The maximum absolute atomic E-state index is 13.9. The van der Waals surface area contributed by atoms with Crippen LogP contribution in [0.25, 0.3) is 0 Å². The van der Waals surface area contributed by atoms with E-state index in [0.29, 0.717) is 4.47 Å². The number of thiophene rings is 1. The van der Waals surface area contributed by atoms with Gasteiger partial charge in [0.25, 0.3) is 0 Å². The number of hydrogen-bond donors (Lipinski definition) is 1. The van der Waals surface area contributed by atoms with Crippen LogP contribution >= 0.6 is 43.2 Å². The third-order valence-electron chi connectivity index (χ3n) is 2.50. The summed E-state index contributed by atoms with van der Waals surface area (Å²) in [5.74, 6) is -1.13. The van der Waals surface area contributed by atoms with Gasteiger partial charge in [0, 0.05) is 14.9 Å². The predicted octanol–water partition coefficient (Wildman–Crippen LogP) is 4.86. The maximum Gasteiger partial charge on any atom is 0.132 e. The Bertz CT molecular complexity index is 548. The highest BCUT2D eigenvalue weighted by Crippen LogP contribution is 2.34. The molecule has 1 heterocycles. The second kappa shape index (κ2) is 5.77. The number of hydrogen-bond acceptors (Lipinski definition) is 2. The molecule has 18 heavy (non-hydrogen) atoms. The lowest BCUT2D eigenvalue weighted by Crippen LogP contribution is -2.19. The van der Waals surface area contributed by atoms with Gasteiger partial charge in [-0.1, -0.05) is 15.9 Å². The van der Waals surface area contributed by atoms with Gasteiger partial charge >= 0.3 is 0 Å². The Labute approximate surface area is 124 Å². The molecule has 1 aromatic heterocycles. The molecule has 96 valence electrons. The largest absolute Gasteiger partial charge is 0.308 e. The molecule has 6 heteroatoms. The van der Waals surface area contributed by atoms with E-state index in [9.17, 15) is 8.78 Å². The van der Waals surface area contributed by atoms with Crippen LogP contribution in [0.4, 0.5) is 8.78 Å². The van der Waals surface area contributed by atoms with E-state index in [1.165, 1.54) is 23.5 Å². The van der Waals surface area contributed by atoms with E-state index < -0.39 is 17.7 Å². The highest BCUT2D eigenvalue weighted by atomic mass is 79.9. The van der Waals surface area contributed by atoms with E-state index in [4.69, 9.17) is 0 Å². The van der Waals surface area contributed by atoms with Crippen LogP contribution in [-0.2, 0) is 0 Å². The highest BCUT2D eigenvalue weighted by Gasteiger charge is 2.22. The van der Waals surface area contributed by atoms with Crippen molar-refractivity contribution in [3.05, 3.63) is 54.6 Å². The lowest BCUT2D eigenvalue weighted by Gasteiger charge is -2.17. The average Bonchev–Trinajstić information content (AvgIpc) is 2.69. The number of nitrogens with one attached hydrogen (secondary N) is 1. The van der Waals surface area contributed by atoms with Crippen LogP contribution in [0.3, 0.4) is 0 Å². The minimum atomic E-state index is -0.564. The molecule has 0 amide bonds. The Morgan fingerprint density at radius 1 is 1.17 bits per heavy atom. The van der Waals surface area contributed by atoms with Crippen molar-refractivity contribution >= 4 is 43.2 Å². The van der Waals surface area contributed by atoms with Gasteiger partial charge in [-0.15, -0.1) is 11.3 Å². The van der Waals surface area contributed by atoms with Gasteiger partial charge < -0.3 is 5.32 Å². The minimum absolute atomic E-state index is 0.0371. The molecular weight excluding hydrogens is 388 g/mol. The molecule has 0 bridgehead atoms. The van der Waals surface area contributed by atoms with Crippen molar-refractivity contribution in [1.29, 1.82) is 0 Å². The first kappa shape index (κ1) is 14.1. The lowest BCUT2D eigenvalue weighted by molar-refractivity contribution is 0.523. The summed E-state index contributed by atoms with van der Waals surface area (Å²) in [7, 11) is 1.68. The van der Waals surface area contributed by atoms with Gasteiger partial charge in [-0.3, -0.25) is 0 Å². The molecule has 0 spiro atoms. The number of rotatable bonds is 3. The van der Waals surface area contributed by atoms with E-state index in [2.05, 4.69) is 37.2 Å². The monoisotopic (exact) mass is 395 g/mol. The molecule has 1 unspecified atom stereocenters. The molecule has 0 saturated carbocycles. The second-order valence-corrected chi connectivity index (χ2v) is 7.06. The van der Waals surface area contributed by atoms with Gasteiger partial charge in [0.05, 0.1) is 9.83 Å². The second-order valence-electron chi connectivity index (χ2n) is 3.65. The number of benzene rings is 1. The first-order valence-electron chi connectivity index (χ1n) is 5.10. The summed E-state index contributed by atoms with van der Waals surface area (Å²) >= 11 is 7.87. The zero-order valence-electron chi connectivity index (χ0n) is 9.31. The molecule has 1 nitrogen and oxygen atoms in total. The molecule has 0 aliphatic heterocycles. The Morgan fingerprint density at radius 3 is 2.22 bits per heavy atom. The SMILES string of the molecule is CNC(c1ccc(Br)s1)c1c(F)cc(Br)cc1F. The summed E-state index contributed by atoms with van der Waals surface area (Å²) < 4.78 is 29.2. The van der Waals surface area contributed by atoms with Crippen molar-refractivity contribution in [3.8, 4) is 0 Å². The lowest BCUT2D eigenvalue weighted by atomic mass is 10.0. The molecule has 2 rings (SSSR count). The minimum Gasteiger partial charge on any atom is -0.308 e. The maximum atomic E-state index is 13.9. The van der Waals surface area contributed by atoms with E-state index in [0.717, 1.165) is 8.66 Å². The summed E-state index contributed by atoms with van der Waals surface area (Å²) in [6.45, 7) is 0. The van der Waals surface area contributed by atoms with Crippen molar-refractivity contribution < 1.29 is 8.78 Å². The van der Waals surface area contributed by atoms with E-state index in [1.807, 2.05) is 12.1 Å². The van der Waals surface area contributed by atoms with Crippen molar-refractivity contribution in [3.63, 3.8) is 0 Å². The first-order chi connectivity index (χ1) is 8.52. The van der Waals surface area contributed by atoms with Gasteiger partial charge in [-0.05, 0) is 47.2 Å². The van der Waals surface area contributed by atoms with Crippen LogP contribution in [0.15, 0.2) is 32.5 Å². The Balaban J connectivity index is 2.51. The van der Waals surface area contributed by atoms with Crippen LogP contribution in [0.2, 0.25) is 0 Å². The predicted molar refractivity (Wildman–Crippen MR) is 77.0 cm³/mol.